The quantitative estimate of drug-likeness (QED) is 0.606. The number of para-hydroxylation sites is 1. The number of carbonyl (C=O) groups is 1. The van der Waals surface area contributed by atoms with Crippen molar-refractivity contribution in [2.75, 3.05) is 18.5 Å². The van der Waals surface area contributed by atoms with Gasteiger partial charge in [-0.3, -0.25) is 0 Å². The third-order valence-corrected chi connectivity index (χ3v) is 4.26. The number of aromatic nitrogens is 3. The molecule has 2 aromatic rings. The normalized spacial score (nSPS) is 16.0. The Bertz CT molecular complexity index is 813. The van der Waals surface area contributed by atoms with Gasteiger partial charge in [0.05, 0.1) is 18.8 Å². The molecule has 1 aromatic heterocycles. The number of fused-ring (bicyclic) bond motifs is 1. The Kier molecular flexibility index (Phi) is 5.55. The molecule has 138 valence electrons. The Morgan fingerprint density at radius 2 is 2.12 bits per heavy atom. The molecule has 0 fully saturated rings. The van der Waals surface area contributed by atoms with Gasteiger partial charge in [-0.05, 0) is 26.3 Å². The van der Waals surface area contributed by atoms with Crippen LogP contribution < -0.4 is 10.1 Å². The van der Waals surface area contributed by atoms with Crippen LogP contribution in [0.5, 0.6) is 5.75 Å². The monoisotopic (exact) mass is 356 g/mol. The summed E-state index contributed by atoms with van der Waals surface area (Å²) in [4.78, 5) is 17.1. The summed E-state index contributed by atoms with van der Waals surface area (Å²) in [5, 5.41) is 7.46. The Morgan fingerprint density at radius 1 is 1.31 bits per heavy atom. The summed E-state index contributed by atoms with van der Waals surface area (Å²) in [5.41, 5.74) is 2.08. The van der Waals surface area contributed by atoms with Crippen molar-refractivity contribution >= 4 is 11.9 Å². The topological polar surface area (TPSA) is 78.3 Å². The lowest BCUT2D eigenvalue weighted by atomic mass is 9.95. The van der Waals surface area contributed by atoms with Crippen molar-refractivity contribution in [1.82, 2.24) is 14.8 Å². The van der Waals surface area contributed by atoms with Crippen LogP contribution in [0.4, 0.5) is 5.95 Å². The maximum absolute atomic E-state index is 12.8. The van der Waals surface area contributed by atoms with Gasteiger partial charge < -0.3 is 14.8 Å². The minimum absolute atomic E-state index is 0.346. The molecule has 0 unspecified atom stereocenters. The van der Waals surface area contributed by atoms with Crippen molar-refractivity contribution in [2.24, 2.45) is 0 Å². The molecular weight excluding hydrogens is 332 g/mol. The molecule has 0 spiro atoms. The number of nitrogens with one attached hydrogen (secondary N) is 1. The molecule has 7 heteroatoms. The first-order valence-electron chi connectivity index (χ1n) is 8.93. The van der Waals surface area contributed by atoms with Gasteiger partial charge in [0.25, 0.3) is 0 Å². The lowest BCUT2D eigenvalue weighted by Gasteiger charge is -2.29. The smallest absolute Gasteiger partial charge is 0.338 e. The number of rotatable bonds is 7. The molecule has 7 nitrogen and oxygen atoms in total. The van der Waals surface area contributed by atoms with Gasteiger partial charge in [-0.15, -0.1) is 0 Å². The molecule has 26 heavy (non-hydrogen) atoms. The third-order valence-electron chi connectivity index (χ3n) is 4.26. The summed E-state index contributed by atoms with van der Waals surface area (Å²) in [6.45, 7) is 6.77. The van der Waals surface area contributed by atoms with Gasteiger partial charge >= 0.3 is 5.97 Å². The zero-order valence-electron chi connectivity index (χ0n) is 15.4. The molecule has 1 N–H and O–H groups in total. The number of benzene rings is 1. The molecule has 0 saturated heterocycles. The van der Waals surface area contributed by atoms with Gasteiger partial charge in [0, 0.05) is 11.3 Å². The standard InChI is InChI=1S/C19H24N4O3/c1-4-6-11-26-18(24)16-13(3)22-19-20-12-21-23(19)17(16)14-9-7-8-10-15(14)25-5-2/h7-10,12,17H,4-6,11H2,1-3H3,(H,20,21,22)/t17-/m1/s1. The van der Waals surface area contributed by atoms with Gasteiger partial charge in [-0.25, -0.2) is 9.48 Å². The fourth-order valence-electron chi connectivity index (χ4n) is 3.02. The molecule has 1 atom stereocenters. The van der Waals surface area contributed by atoms with Crippen molar-refractivity contribution in [1.29, 1.82) is 0 Å². The Balaban J connectivity index is 2.05. The summed E-state index contributed by atoms with van der Waals surface area (Å²) < 4.78 is 13.0. The molecular formula is C19H24N4O3. The SMILES string of the molecule is CCCCOC(=O)C1=C(C)Nc2ncnn2[C@@H]1c1ccccc1OCC. The molecule has 0 saturated carbocycles. The van der Waals surface area contributed by atoms with E-state index in [0.717, 1.165) is 24.2 Å². The van der Waals surface area contributed by atoms with E-state index < -0.39 is 6.04 Å². The number of ether oxygens (including phenoxy) is 2. The van der Waals surface area contributed by atoms with Crippen LogP contribution in [0.3, 0.4) is 0 Å². The van der Waals surface area contributed by atoms with Crippen LogP contribution in [0, 0.1) is 0 Å². The first-order chi connectivity index (χ1) is 12.7. The number of hydrogen-bond donors (Lipinski definition) is 1. The summed E-state index contributed by atoms with van der Waals surface area (Å²) in [7, 11) is 0. The second kappa shape index (κ2) is 8.03. The van der Waals surface area contributed by atoms with Crippen LogP contribution in [-0.4, -0.2) is 33.9 Å². The molecule has 0 aliphatic carbocycles. The number of esters is 1. The molecule has 0 radical (unpaired) electrons. The zero-order chi connectivity index (χ0) is 18.5. The van der Waals surface area contributed by atoms with Gasteiger partial charge in [-0.1, -0.05) is 31.5 Å². The number of allylic oxidation sites excluding steroid dienone is 1. The summed E-state index contributed by atoms with van der Waals surface area (Å²) in [6.07, 6.45) is 3.27. The first-order valence-corrected chi connectivity index (χ1v) is 8.93. The van der Waals surface area contributed by atoms with E-state index in [1.54, 1.807) is 4.68 Å². The van der Waals surface area contributed by atoms with E-state index in [1.165, 1.54) is 6.33 Å². The van der Waals surface area contributed by atoms with Crippen molar-refractivity contribution in [3.8, 4) is 5.75 Å². The molecule has 0 amide bonds. The van der Waals surface area contributed by atoms with E-state index in [-0.39, 0.29) is 5.97 Å². The molecule has 3 rings (SSSR count). The van der Waals surface area contributed by atoms with Gasteiger partial charge in [0.2, 0.25) is 5.95 Å². The summed E-state index contributed by atoms with van der Waals surface area (Å²) in [5.74, 6) is 0.958. The van der Waals surface area contributed by atoms with E-state index in [0.29, 0.717) is 30.4 Å². The molecule has 1 aliphatic rings. The van der Waals surface area contributed by atoms with E-state index in [2.05, 4.69) is 22.3 Å². The minimum atomic E-state index is -0.453. The maximum Gasteiger partial charge on any atom is 0.338 e. The second-order valence-corrected chi connectivity index (χ2v) is 6.05. The Hall–Kier alpha value is -2.83. The number of unbranched alkanes of at least 4 members (excludes halogenated alkanes) is 1. The molecule has 1 aromatic carbocycles. The lowest BCUT2D eigenvalue weighted by Crippen LogP contribution is -2.30. The second-order valence-electron chi connectivity index (χ2n) is 6.05. The number of hydrogen-bond acceptors (Lipinski definition) is 6. The summed E-state index contributed by atoms with van der Waals surface area (Å²) in [6, 6.07) is 7.22. The predicted molar refractivity (Wildman–Crippen MR) is 98.0 cm³/mol. The first kappa shape index (κ1) is 18.0. The van der Waals surface area contributed by atoms with Crippen LogP contribution in [-0.2, 0) is 9.53 Å². The third kappa shape index (κ3) is 3.42. The van der Waals surface area contributed by atoms with E-state index in [1.807, 2.05) is 38.1 Å². The van der Waals surface area contributed by atoms with Gasteiger partial charge in [0.15, 0.2) is 0 Å². The molecule has 0 bridgehead atoms. The van der Waals surface area contributed by atoms with Crippen LogP contribution >= 0.6 is 0 Å². The predicted octanol–water partition coefficient (Wildman–Crippen LogP) is 3.31. The number of anilines is 1. The minimum Gasteiger partial charge on any atom is -0.494 e. The Labute approximate surface area is 153 Å². The zero-order valence-corrected chi connectivity index (χ0v) is 15.4. The van der Waals surface area contributed by atoms with Crippen molar-refractivity contribution < 1.29 is 14.3 Å². The van der Waals surface area contributed by atoms with E-state index >= 15 is 0 Å². The van der Waals surface area contributed by atoms with Crippen LogP contribution in [0.1, 0.15) is 45.2 Å². The van der Waals surface area contributed by atoms with Crippen molar-refractivity contribution in [3.05, 3.63) is 47.4 Å². The number of nitrogens with zero attached hydrogens (tertiary/aromatic N) is 3. The maximum atomic E-state index is 12.8. The van der Waals surface area contributed by atoms with E-state index in [4.69, 9.17) is 9.47 Å². The average Bonchev–Trinajstić information content (AvgIpc) is 3.09. The fourth-order valence-corrected chi connectivity index (χ4v) is 3.02. The lowest BCUT2D eigenvalue weighted by molar-refractivity contribution is -0.139. The highest BCUT2D eigenvalue weighted by atomic mass is 16.5. The fraction of sp³-hybridized carbons (Fsp3) is 0.421. The number of carbonyl (C=O) groups excluding carboxylic acids is 1. The van der Waals surface area contributed by atoms with Crippen molar-refractivity contribution in [3.63, 3.8) is 0 Å². The van der Waals surface area contributed by atoms with Gasteiger partial charge in [0.1, 0.15) is 18.1 Å². The van der Waals surface area contributed by atoms with E-state index in [9.17, 15) is 4.79 Å². The molecule has 2 heterocycles. The average molecular weight is 356 g/mol. The van der Waals surface area contributed by atoms with Crippen LogP contribution in [0.2, 0.25) is 0 Å². The highest BCUT2D eigenvalue weighted by Gasteiger charge is 2.35. The van der Waals surface area contributed by atoms with Crippen molar-refractivity contribution in [2.45, 2.75) is 39.7 Å². The highest BCUT2D eigenvalue weighted by Crippen LogP contribution is 2.39. The highest BCUT2D eigenvalue weighted by molar-refractivity contribution is 5.92. The van der Waals surface area contributed by atoms with Crippen LogP contribution in [0.15, 0.2) is 41.9 Å². The largest absolute Gasteiger partial charge is 0.494 e. The Morgan fingerprint density at radius 3 is 2.88 bits per heavy atom. The van der Waals surface area contributed by atoms with Crippen LogP contribution in [0.25, 0.3) is 0 Å². The molecule has 1 aliphatic heterocycles. The summed E-state index contributed by atoms with van der Waals surface area (Å²) >= 11 is 0. The van der Waals surface area contributed by atoms with Gasteiger partial charge in [-0.2, -0.15) is 10.1 Å².